The number of nitrogens with zero attached hydrogens (tertiary/aromatic N) is 1. The summed E-state index contributed by atoms with van der Waals surface area (Å²) in [6.07, 6.45) is 3.89. The molecule has 1 aliphatic carbocycles. The van der Waals surface area contributed by atoms with Gasteiger partial charge in [-0.05, 0) is 101 Å². The zero-order chi connectivity index (χ0) is 39.9. The fourth-order valence-electron chi connectivity index (χ4n) is 8.96. The fraction of sp³-hybridized carbons (Fsp3) is 0.0526. The van der Waals surface area contributed by atoms with Crippen molar-refractivity contribution in [2.75, 3.05) is 0 Å². The van der Waals surface area contributed by atoms with Crippen LogP contribution in [0, 0.1) is 5.41 Å². The molecular formula is C57H42N2. The summed E-state index contributed by atoms with van der Waals surface area (Å²) in [5.41, 5.74) is 16.0. The van der Waals surface area contributed by atoms with Gasteiger partial charge in [0, 0.05) is 22.8 Å². The van der Waals surface area contributed by atoms with Gasteiger partial charge in [-0.15, -0.1) is 0 Å². The molecule has 9 aromatic carbocycles. The summed E-state index contributed by atoms with van der Waals surface area (Å²) in [6.45, 7) is 4.71. The Labute approximate surface area is 346 Å². The van der Waals surface area contributed by atoms with Crippen molar-refractivity contribution in [1.29, 1.82) is 5.41 Å². The molecule has 0 atom stereocenters. The second-order valence-electron chi connectivity index (χ2n) is 15.9. The van der Waals surface area contributed by atoms with E-state index < -0.39 is 0 Å². The molecule has 0 heterocycles. The van der Waals surface area contributed by atoms with Crippen LogP contribution in [-0.4, -0.2) is 11.9 Å². The van der Waals surface area contributed by atoms with E-state index in [9.17, 15) is 5.41 Å². The maximum atomic E-state index is 9.25. The van der Waals surface area contributed by atoms with Crippen molar-refractivity contribution in [2.24, 2.45) is 4.99 Å². The van der Waals surface area contributed by atoms with Gasteiger partial charge in [0.25, 0.3) is 0 Å². The van der Waals surface area contributed by atoms with Gasteiger partial charge in [-0.25, -0.2) is 0 Å². The van der Waals surface area contributed by atoms with Crippen LogP contribution in [0.2, 0.25) is 0 Å². The van der Waals surface area contributed by atoms with E-state index in [0.717, 1.165) is 50.0 Å². The third-order valence-corrected chi connectivity index (χ3v) is 12.0. The van der Waals surface area contributed by atoms with E-state index in [1.165, 1.54) is 49.5 Å². The zero-order valence-electron chi connectivity index (χ0n) is 33.2. The molecule has 2 heteroatoms. The maximum absolute atomic E-state index is 9.25. The van der Waals surface area contributed by atoms with E-state index in [1.54, 1.807) is 0 Å². The molecule has 0 spiro atoms. The fourth-order valence-corrected chi connectivity index (χ4v) is 8.96. The molecule has 1 N–H and O–H groups in total. The Balaban J connectivity index is 1.10. The number of hydrogen-bond donors (Lipinski definition) is 1. The van der Waals surface area contributed by atoms with Crippen molar-refractivity contribution in [3.63, 3.8) is 0 Å². The first-order valence-electron chi connectivity index (χ1n) is 20.3. The molecule has 10 rings (SSSR count). The summed E-state index contributed by atoms with van der Waals surface area (Å²) in [7, 11) is 0. The molecular weight excluding hydrogens is 713 g/mol. The van der Waals surface area contributed by atoms with Crippen molar-refractivity contribution < 1.29 is 0 Å². The third kappa shape index (κ3) is 6.49. The minimum atomic E-state index is -0.125. The molecule has 0 fully saturated rings. The van der Waals surface area contributed by atoms with E-state index in [2.05, 4.69) is 172 Å². The standard InChI is InChI=1S/C57H42N2/c1-57(2)52-33-29-40-20-12-13-24-48(40)56(52)50-32-27-43(35-53(50)57)47-31-28-44(45-23-14-15-25-49(45)47)37-59-55(36-54(58)41-21-10-5-11-22-41)51-34-42(38-16-6-3-7-17-38)26-30-46(51)39-18-8-4-9-19-39/h3-37,58H,1-2H3/b55-36-,58-54?,59-37?. The normalized spacial score (nSPS) is 13.2. The second-order valence-corrected chi connectivity index (χ2v) is 15.9. The SMILES string of the molecule is CC1(C)c2cc(-c3ccc(C=N/C(=C\C(=N)c4ccccc4)c4cc(-c5ccccc5)ccc4-c4ccccc4)c4ccccc34)ccc2-c2c1ccc1ccccc21. The predicted molar refractivity (Wildman–Crippen MR) is 251 cm³/mol. The summed E-state index contributed by atoms with van der Waals surface area (Å²) in [4.78, 5) is 5.31. The average Bonchev–Trinajstić information content (AvgIpc) is 3.53. The highest BCUT2D eigenvalue weighted by atomic mass is 14.7. The van der Waals surface area contributed by atoms with Crippen molar-refractivity contribution in [3.05, 3.63) is 234 Å². The van der Waals surface area contributed by atoms with Crippen LogP contribution in [0.4, 0.5) is 0 Å². The lowest BCUT2D eigenvalue weighted by Gasteiger charge is -2.22. The first-order chi connectivity index (χ1) is 28.9. The summed E-state index contributed by atoms with van der Waals surface area (Å²) in [5.74, 6) is 0. The van der Waals surface area contributed by atoms with Gasteiger partial charge >= 0.3 is 0 Å². The summed E-state index contributed by atoms with van der Waals surface area (Å²) in [5, 5.41) is 14.1. The van der Waals surface area contributed by atoms with Crippen LogP contribution in [0.15, 0.2) is 211 Å². The number of nitrogens with one attached hydrogen (secondary N) is 1. The summed E-state index contributed by atoms with van der Waals surface area (Å²) in [6, 6.07) is 70.8. The highest BCUT2D eigenvalue weighted by Crippen LogP contribution is 2.52. The molecule has 0 saturated carbocycles. The van der Waals surface area contributed by atoms with Gasteiger partial charge in [0.15, 0.2) is 0 Å². The first kappa shape index (κ1) is 36.0. The first-order valence-corrected chi connectivity index (χ1v) is 20.3. The molecule has 0 aromatic heterocycles. The van der Waals surface area contributed by atoms with Crippen molar-refractivity contribution >= 4 is 39.2 Å². The van der Waals surface area contributed by atoms with Gasteiger partial charge in [0.2, 0.25) is 0 Å². The van der Waals surface area contributed by atoms with Gasteiger partial charge in [-0.2, -0.15) is 0 Å². The van der Waals surface area contributed by atoms with Gasteiger partial charge in [0.1, 0.15) is 0 Å². The highest BCUT2D eigenvalue weighted by Gasteiger charge is 2.36. The molecule has 0 radical (unpaired) electrons. The van der Waals surface area contributed by atoms with Crippen LogP contribution in [0.5, 0.6) is 0 Å². The molecule has 1 aliphatic rings. The number of allylic oxidation sites excluding steroid dienone is 1. The van der Waals surface area contributed by atoms with E-state index in [0.29, 0.717) is 5.71 Å². The zero-order valence-corrected chi connectivity index (χ0v) is 33.2. The van der Waals surface area contributed by atoms with Gasteiger partial charge in [-0.3, -0.25) is 4.99 Å². The molecule has 0 bridgehead atoms. The van der Waals surface area contributed by atoms with E-state index in [-0.39, 0.29) is 5.41 Å². The number of aliphatic imine (C=N–C) groups is 1. The number of fused-ring (bicyclic) bond motifs is 6. The van der Waals surface area contributed by atoms with Crippen molar-refractivity contribution in [3.8, 4) is 44.5 Å². The molecule has 0 amide bonds. The van der Waals surface area contributed by atoms with Gasteiger partial charge < -0.3 is 5.41 Å². The quantitative estimate of drug-likeness (QED) is 0.150. The minimum absolute atomic E-state index is 0.125. The topological polar surface area (TPSA) is 36.2 Å². The molecule has 0 unspecified atom stereocenters. The lowest BCUT2D eigenvalue weighted by atomic mass is 9.81. The molecule has 59 heavy (non-hydrogen) atoms. The summed E-state index contributed by atoms with van der Waals surface area (Å²) >= 11 is 0. The highest BCUT2D eigenvalue weighted by molar-refractivity contribution is 6.13. The van der Waals surface area contributed by atoms with Gasteiger partial charge in [0.05, 0.1) is 11.4 Å². The minimum Gasteiger partial charge on any atom is -0.300 e. The third-order valence-electron chi connectivity index (χ3n) is 12.0. The van der Waals surface area contributed by atoms with E-state index in [4.69, 9.17) is 4.99 Å². The largest absolute Gasteiger partial charge is 0.300 e. The predicted octanol–water partition coefficient (Wildman–Crippen LogP) is 14.8. The van der Waals surface area contributed by atoms with Crippen molar-refractivity contribution in [1.82, 2.24) is 0 Å². The number of benzene rings is 9. The molecule has 9 aromatic rings. The molecule has 280 valence electrons. The molecule has 0 saturated heterocycles. The Kier molecular flexibility index (Phi) is 9.03. The van der Waals surface area contributed by atoms with Crippen LogP contribution in [0.3, 0.4) is 0 Å². The average molecular weight is 755 g/mol. The Hall–Kier alpha value is -7.42. The van der Waals surface area contributed by atoms with Crippen LogP contribution in [-0.2, 0) is 5.41 Å². The van der Waals surface area contributed by atoms with Crippen molar-refractivity contribution in [2.45, 2.75) is 19.3 Å². The smallest absolute Gasteiger partial charge is 0.0730 e. The van der Waals surface area contributed by atoms with Crippen LogP contribution in [0.25, 0.3) is 71.7 Å². The maximum Gasteiger partial charge on any atom is 0.0730 e. The summed E-state index contributed by atoms with van der Waals surface area (Å²) < 4.78 is 0. The Morgan fingerprint density at radius 2 is 1.08 bits per heavy atom. The lowest BCUT2D eigenvalue weighted by molar-refractivity contribution is 0.661. The number of rotatable bonds is 8. The molecule has 0 aliphatic heterocycles. The number of hydrogen-bond acceptors (Lipinski definition) is 2. The Morgan fingerprint density at radius 1 is 0.475 bits per heavy atom. The lowest BCUT2D eigenvalue weighted by Crippen LogP contribution is -2.15. The van der Waals surface area contributed by atoms with Crippen LogP contribution < -0.4 is 0 Å². The van der Waals surface area contributed by atoms with Crippen LogP contribution >= 0.6 is 0 Å². The Bertz CT molecular complexity index is 3120. The van der Waals surface area contributed by atoms with E-state index in [1.807, 2.05) is 54.8 Å². The van der Waals surface area contributed by atoms with Crippen LogP contribution in [0.1, 0.15) is 41.7 Å². The second kappa shape index (κ2) is 14.8. The monoisotopic (exact) mass is 754 g/mol. The van der Waals surface area contributed by atoms with Gasteiger partial charge in [-0.1, -0.05) is 202 Å². The molecule has 2 nitrogen and oxygen atoms in total. The Morgan fingerprint density at radius 3 is 1.85 bits per heavy atom. The van der Waals surface area contributed by atoms with E-state index >= 15 is 0 Å².